The van der Waals surface area contributed by atoms with Crippen LogP contribution in [0.3, 0.4) is 0 Å². The Hall–Kier alpha value is -3.52. The summed E-state index contributed by atoms with van der Waals surface area (Å²) >= 11 is 0. The van der Waals surface area contributed by atoms with Gasteiger partial charge >= 0.3 is 0 Å². The third kappa shape index (κ3) is 5.64. The van der Waals surface area contributed by atoms with Gasteiger partial charge in [-0.3, -0.25) is 9.10 Å². The number of sulfonamides is 1. The molecule has 3 aromatic carbocycles. The van der Waals surface area contributed by atoms with Crippen molar-refractivity contribution in [2.24, 2.45) is 0 Å². The molecule has 0 aliphatic rings. The van der Waals surface area contributed by atoms with E-state index in [9.17, 15) is 13.2 Å². The van der Waals surface area contributed by atoms with Crippen molar-refractivity contribution in [1.29, 1.82) is 0 Å². The molecule has 33 heavy (non-hydrogen) atoms. The second-order valence-corrected chi connectivity index (χ2v) is 9.55. The summed E-state index contributed by atoms with van der Waals surface area (Å²) in [5.74, 6) is 0.652. The van der Waals surface area contributed by atoms with Gasteiger partial charge in [-0.15, -0.1) is 0 Å². The number of nitrogens with one attached hydrogen (secondary N) is 1. The van der Waals surface area contributed by atoms with E-state index in [0.29, 0.717) is 17.4 Å². The maximum atomic E-state index is 13.5. The minimum Gasteiger partial charge on any atom is -0.497 e. The van der Waals surface area contributed by atoms with E-state index >= 15 is 0 Å². The molecular weight excluding hydrogens is 440 g/mol. The Labute approximate surface area is 195 Å². The summed E-state index contributed by atoms with van der Waals surface area (Å²) in [7, 11) is -1.12. The SMILES string of the molecule is COc1ccc(N(CC(=O)Nc2ccc(C(C)C)cc2)S(=O)(=O)c2ccccc2)c(OC)c1. The van der Waals surface area contributed by atoms with Gasteiger partial charge in [-0.25, -0.2) is 8.42 Å². The minimum atomic E-state index is -4.06. The van der Waals surface area contributed by atoms with E-state index < -0.39 is 22.5 Å². The molecule has 8 heteroatoms. The number of nitrogens with zero attached hydrogens (tertiary/aromatic N) is 1. The van der Waals surface area contributed by atoms with Crippen molar-refractivity contribution < 1.29 is 22.7 Å². The van der Waals surface area contributed by atoms with Gasteiger partial charge in [0.15, 0.2) is 0 Å². The average Bonchev–Trinajstić information content (AvgIpc) is 2.83. The Morgan fingerprint density at radius 2 is 1.61 bits per heavy atom. The zero-order chi connectivity index (χ0) is 24.0. The highest BCUT2D eigenvalue weighted by Gasteiger charge is 2.29. The number of carbonyl (C=O) groups excluding carboxylic acids is 1. The van der Waals surface area contributed by atoms with E-state index in [1.165, 1.54) is 26.4 Å². The predicted octanol–water partition coefficient (Wildman–Crippen LogP) is 4.66. The molecular formula is C25H28N2O5S. The highest BCUT2D eigenvalue weighted by Crippen LogP contribution is 2.35. The first-order valence-corrected chi connectivity index (χ1v) is 11.9. The molecule has 174 valence electrons. The standard InChI is InChI=1S/C25H28N2O5S/c1-18(2)19-10-12-20(13-11-19)26-25(28)17-27(33(29,30)22-8-6-5-7-9-22)23-15-14-21(31-3)16-24(23)32-4/h5-16,18H,17H2,1-4H3,(H,26,28). The second-order valence-electron chi connectivity index (χ2n) is 7.69. The summed E-state index contributed by atoms with van der Waals surface area (Å²) in [5.41, 5.74) is 1.96. The van der Waals surface area contributed by atoms with E-state index in [0.717, 1.165) is 9.87 Å². The van der Waals surface area contributed by atoms with Crippen LogP contribution in [0.1, 0.15) is 25.3 Å². The van der Waals surface area contributed by atoms with Gasteiger partial charge < -0.3 is 14.8 Å². The van der Waals surface area contributed by atoms with Crippen LogP contribution in [0.2, 0.25) is 0 Å². The van der Waals surface area contributed by atoms with Crippen LogP contribution in [-0.2, 0) is 14.8 Å². The lowest BCUT2D eigenvalue weighted by molar-refractivity contribution is -0.114. The van der Waals surface area contributed by atoms with Gasteiger partial charge in [0.2, 0.25) is 5.91 Å². The van der Waals surface area contributed by atoms with Crippen molar-refractivity contribution in [1.82, 2.24) is 0 Å². The van der Waals surface area contributed by atoms with Gasteiger partial charge in [0.25, 0.3) is 10.0 Å². The van der Waals surface area contributed by atoms with Crippen molar-refractivity contribution in [3.8, 4) is 11.5 Å². The number of ether oxygens (including phenoxy) is 2. The first-order valence-electron chi connectivity index (χ1n) is 10.5. The lowest BCUT2D eigenvalue weighted by Gasteiger charge is -2.26. The average molecular weight is 469 g/mol. The molecule has 0 saturated heterocycles. The second kappa shape index (κ2) is 10.4. The van der Waals surface area contributed by atoms with Crippen molar-refractivity contribution in [3.05, 3.63) is 78.4 Å². The van der Waals surface area contributed by atoms with Crippen molar-refractivity contribution in [2.75, 3.05) is 30.4 Å². The van der Waals surface area contributed by atoms with Crippen LogP contribution in [0.15, 0.2) is 77.7 Å². The van der Waals surface area contributed by atoms with Gasteiger partial charge in [0.05, 0.1) is 24.8 Å². The number of carbonyl (C=O) groups is 1. The van der Waals surface area contributed by atoms with Gasteiger partial charge in [-0.1, -0.05) is 44.2 Å². The van der Waals surface area contributed by atoms with Crippen LogP contribution in [0, 0.1) is 0 Å². The van der Waals surface area contributed by atoms with Crippen LogP contribution in [0.5, 0.6) is 11.5 Å². The van der Waals surface area contributed by atoms with E-state index in [-0.39, 0.29) is 16.3 Å². The number of amides is 1. The predicted molar refractivity (Wildman–Crippen MR) is 130 cm³/mol. The minimum absolute atomic E-state index is 0.0666. The molecule has 0 heterocycles. The number of anilines is 2. The van der Waals surface area contributed by atoms with Gasteiger partial charge in [-0.2, -0.15) is 0 Å². The molecule has 0 radical (unpaired) electrons. The zero-order valence-corrected chi connectivity index (χ0v) is 19.9. The van der Waals surface area contributed by atoms with Crippen molar-refractivity contribution in [3.63, 3.8) is 0 Å². The molecule has 1 N–H and O–H groups in total. The van der Waals surface area contributed by atoms with Crippen molar-refractivity contribution >= 4 is 27.3 Å². The summed E-state index contributed by atoms with van der Waals surface area (Å²) in [6.45, 7) is 3.73. The Morgan fingerprint density at radius 3 is 2.18 bits per heavy atom. The molecule has 0 saturated carbocycles. The van der Waals surface area contributed by atoms with E-state index in [2.05, 4.69) is 19.2 Å². The summed E-state index contributed by atoms with van der Waals surface area (Å²) in [6, 6.07) is 20.2. The normalized spacial score (nSPS) is 11.2. The summed E-state index contributed by atoms with van der Waals surface area (Å²) < 4.78 is 38.7. The quantitative estimate of drug-likeness (QED) is 0.494. The fourth-order valence-electron chi connectivity index (χ4n) is 3.29. The fourth-order valence-corrected chi connectivity index (χ4v) is 4.75. The van der Waals surface area contributed by atoms with Crippen molar-refractivity contribution in [2.45, 2.75) is 24.7 Å². The number of hydrogen-bond acceptors (Lipinski definition) is 5. The molecule has 0 bridgehead atoms. The first-order chi connectivity index (χ1) is 15.8. The largest absolute Gasteiger partial charge is 0.497 e. The smallest absolute Gasteiger partial charge is 0.264 e. The molecule has 0 atom stereocenters. The lowest BCUT2D eigenvalue weighted by atomic mass is 10.0. The fraction of sp³-hybridized carbons (Fsp3) is 0.240. The number of benzene rings is 3. The highest BCUT2D eigenvalue weighted by atomic mass is 32.2. The Kier molecular flexibility index (Phi) is 7.60. The Morgan fingerprint density at radius 1 is 0.939 bits per heavy atom. The molecule has 0 aliphatic carbocycles. The van der Waals surface area contributed by atoms with E-state index in [1.807, 2.05) is 12.1 Å². The molecule has 0 aromatic heterocycles. The molecule has 0 fully saturated rings. The number of hydrogen-bond donors (Lipinski definition) is 1. The molecule has 1 amide bonds. The van der Waals surface area contributed by atoms with Gasteiger partial charge in [0, 0.05) is 11.8 Å². The van der Waals surface area contributed by atoms with Gasteiger partial charge in [0.1, 0.15) is 18.0 Å². The molecule has 3 rings (SSSR count). The van der Waals surface area contributed by atoms with E-state index in [4.69, 9.17) is 9.47 Å². The maximum Gasteiger partial charge on any atom is 0.264 e. The van der Waals surface area contributed by atoms with Crippen LogP contribution >= 0.6 is 0 Å². The lowest BCUT2D eigenvalue weighted by Crippen LogP contribution is -2.38. The topological polar surface area (TPSA) is 84.9 Å². The molecule has 0 aliphatic heterocycles. The number of rotatable bonds is 9. The maximum absolute atomic E-state index is 13.5. The van der Waals surface area contributed by atoms with Gasteiger partial charge in [-0.05, 0) is 47.9 Å². The highest BCUT2D eigenvalue weighted by molar-refractivity contribution is 7.92. The third-order valence-electron chi connectivity index (χ3n) is 5.14. The summed E-state index contributed by atoms with van der Waals surface area (Å²) in [4.78, 5) is 13.0. The first kappa shape index (κ1) is 24.1. The van der Waals surface area contributed by atoms with Crippen LogP contribution in [-0.4, -0.2) is 35.1 Å². The van der Waals surface area contributed by atoms with Crippen LogP contribution in [0.4, 0.5) is 11.4 Å². The molecule has 0 spiro atoms. The summed E-state index contributed by atoms with van der Waals surface area (Å²) in [5, 5.41) is 2.78. The summed E-state index contributed by atoms with van der Waals surface area (Å²) in [6.07, 6.45) is 0. The van der Waals surface area contributed by atoms with Crippen LogP contribution in [0.25, 0.3) is 0 Å². The Balaban J connectivity index is 1.96. The molecule has 0 unspecified atom stereocenters. The third-order valence-corrected chi connectivity index (χ3v) is 6.91. The van der Waals surface area contributed by atoms with Crippen LogP contribution < -0.4 is 19.1 Å². The monoisotopic (exact) mass is 468 g/mol. The molecule has 7 nitrogen and oxygen atoms in total. The zero-order valence-electron chi connectivity index (χ0n) is 19.1. The molecule has 3 aromatic rings. The van der Waals surface area contributed by atoms with E-state index in [1.54, 1.807) is 48.5 Å². The Bertz CT molecular complexity index is 1190. The number of methoxy groups -OCH3 is 2.